The van der Waals surface area contributed by atoms with E-state index >= 15 is 0 Å². The fraction of sp³-hybridized carbons (Fsp3) is 0.400. The van der Waals surface area contributed by atoms with Crippen molar-refractivity contribution in [1.82, 2.24) is 0 Å². The molecule has 6 aliphatic rings. The van der Waals surface area contributed by atoms with E-state index in [1.54, 1.807) is 0 Å². The normalized spacial score (nSPS) is 23.2. The van der Waals surface area contributed by atoms with Crippen LogP contribution in [0.25, 0.3) is 11.1 Å². The first-order valence-electron chi connectivity index (χ1n) is 28.3. The molecule has 7 aromatic carbocycles. The number of anilines is 8. The van der Waals surface area contributed by atoms with Crippen LogP contribution in [0.5, 0.6) is 0 Å². The van der Waals surface area contributed by atoms with Gasteiger partial charge < -0.3 is 14.7 Å². The summed E-state index contributed by atoms with van der Waals surface area (Å²) in [6, 6.07) is 55.8. The van der Waals surface area contributed by atoms with Gasteiger partial charge in [-0.1, -0.05) is 175 Å². The number of fused-ring (bicyclic) bond motifs is 9. The van der Waals surface area contributed by atoms with Crippen LogP contribution < -0.4 is 31.1 Å². The van der Waals surface area contributed by atoms with Crippen LogP contribution in [-0.2, 0) is 32.5 Å². The second-order valence-electron chi connectivity index (χ2n) is 27.8. The molecule has 74 heavy (non-hydrogen) atoms. The summed E-state index contributed by atoms with van der Waals surface area (Å²) >= 11 is 0. The zero-order chi connectivity index (χ0) is 51.7. The predicted octanol–water partition coefficient (Wildman–Crippen LogP) is 17.2. The molecular formula is C70H78BN3. The topological polar surface area (TPSA) is 9.72 Å². The highest BCUT2D eigenvalue weighted by Gasteiger charge is 2.58. The van der Waals surface area contributed by atoms with Gasteiger partial charge in [0.1, 0.15) is 0 Å². The van der Waals surface area contributed by atoms with Crippen LogP contribution in [0.1, 0.15) is 175 Å². The van der Waals surface area contributed by atoms with Gasteiger partial charge in [0.15, 0.2) is 0 Å². The molecule has 376 valence electrons. The summed E-state index contributed by atoms with van der Waals surface area (Å²) in [5.41, 5.74) is 26.2. The highest BCUT2D eigenvalue weighted by Crippen LogP contribution is 2.63. The standard InChI is InChI=1S/C70H78BN3/c1-64(2,3)47-28-25-45(26-29-47)46-27-32-58-55(39-46)69(12)33-19-20-34-70(69,13)74(58)50-41-61-63-62(42-50)73(49-30-31-51-52(40-49)66(6,7)36-35-65(51,4)5)60-44-54-53(67(8,9)37-38-68(54,10)11)43-57(60)71(63)56-23-17-18-24-59(56)72(61)48-21-15-14-16-22-48/h14-18,21-32,39-44H,19-20,33-38H2,1-13H3. The lowest BCUT2D eigenvalue weighted by molar-refractivity contribution is 0.195. The van der Waals surface area contributed by atoms with Crippen molar-refractivity contribution >= 4 is 68.6 Å². The third-order valence-electron chi connectivity index (χ3n) is 20.5. The van der Waals surface area contributed by atoms with Gasteiger partial charge in [0.25, 0.3) is 6.71 Å². The van der Waals surface area contributed by atoms with Crippen molar-refractivity contribution in [1.29, 1.82) is 0 Å². The molecule has 0 aromatic heterocycles. The van der Waals surface area contributed by atoms with E-state index in [1.165, 1.54) is 151 Å². The van der Waals surface area contributed by atoms with Crippen LogP contribution in [0.15, 0.2) is 140 Å². The molecule has 7 aromatic rings. The molecule has 3 aliphatic heterocycles. The lowest BCUT2D eigenvalue weighted by Crippen LogP contribution is -2.62. The minimum absolute atomic E-state index is 0.0437. The van der Waals surface area contributed by atoms with Gasteiger partial charge in [-0.3, -0.25) is 0 Å². The number of rotatable bonds is 4. The summed E-state index contributed by atoms with van der Waals surface area (Å²) in [7, 11) is 0. The molecule has 2 atom stereocenters. The molecule has 0 saturated heterocycles. The molecular weight excluding hydrogens is 894 g/mol. The summed E-state index contributed by atoms with van der Waals surface area (Å²) in [6.07, 6.45) is 9.49. The Morgan fingerprint density at radius 1 is 0.392 bits per heavy atom. The van der Waals surface area contributed by atoms with E-state index in [-0.39, 0.29) is 44.7 Å². The van der Waals surface area contributed by atoms with Crippen LogP contribution in [0.4, 0.5) is 45.5 Å². The Morgan fingerprint density at radius 3 is 1.62 bits per heavy atom. The molecule has 4 heteroatoms. The summed E-state index contributed by atoms with van der Waals surface area (Å²) in [5, 5.41) is 0. The van der Waals surface area contributed by atoms with Gasteiger partial charge in [0.05, 0.1) is 5.54 Å². The van der Waals surface area contributed by atoms with Gasteiger partial charge in [-0.15, -0.1) is 0 Å². The lowest BCUT2D eigenvalue weighted by Gasteiger charge is -2.51. The molecule has 3 nitrogen and oxygen atoms in total. The Bertz CT molecular complexity index is 3440. The second kappa shape index (κ2) is 15.8. The van der Waals surface area contributed by atoms with E-state index in [1.807, 2.05) is 0 Å². The average Bonchev–Trinajstić information content (AvgIpc) is 3.64. The first-order valence-corrected chi connectivity index (χ1v) is 28.3. The second-order valence-corrected chi connectivity index (χ2v) is 27.8. The number of para-hydroxylation sites is 2. The maximum absolute atomic E-state index is 2.84. The predicted molar refractivity (Wildman–Crippen MR) is 318 cm³/mol. The summed E-state index contributed by atoms with van der Waals surface area (Å²) in [6.45, 7) is 32.1. The maximum Gasteiger partial charge on any atom is 0.252 e. The molecule has 3 heterocycles. The molecule has 2 unspecified atom stereocenters. The first-order chi connectivity index (χ1) is 35.0. The van der Waals surface area contributed by atoms with E-state index in [4.69, 9.17) is 0 Å². The van der Waals surface area contributed by atoms with Gasteiger partial charge in [-0.2, -0.15) is 0 Å². The third kappa shape index (κ3) is 6.77. The van der Waals surface area contributed by atoms with Gasteiger partial charge in [-0.05, 0) is 194 Å². The van der Waals surface area contributed by atoms with Crippen molar-refractivity contribution in [2.24, 2.45) is 0 Å². The summed E-state index contributed by atoms with van der Waals surface area (Å²) in [4.78, 5) is 8.21. The Hall–Kier alpha value is -6.00. The number of nitrogens with zero attached hydrogens (tertiary/aromatic N) is 3. The lowest BCUT2D eigenvalue weighted by atomic mass is 9.33. The molecule has 3 aliphatic carbocycles. The first kappa shape index (κ1) is 47.7. The van der Waals surface area contributed by atoms with Crippen LogP contribution in [0.2, 0.25) is 0 Å². The highest BCUT2D eigenvalue weighted by atomic mass is 15.3. The fourth-order valence-corrected chi connectivity index (χ4v) is 15.5. The Labute approximate surface area is 444 Å². The average molecular weight is 972 g/mol. The molecule has 0 bridgehead atoms. The van der Waals surface area contributed by atoms with Crippen molar-refractivity contribution in [3.05, 3.63) is 173 Å². The maximum atomic E-state index is 2.84. The SMILES string of the molecule is CC(C)(C)c1ccc(-c2ccc3c(c2)C2(C)CCCCC2(C)N3c2cc3c4c(c2)N(c2ccc5c(c2)C(C)(C)CCC5(C)C)c2cc5c(cc2B4c2ccccc2N3c2ccccc2)C(C)(C)CCC5(C)C)cc1. The van der Waals surface area contributed by atoms with Crippen molar-refractivity contribution in [2.45, 2.75) is 179 Å². The number of hydrogen-bond acceptors (Lipinski definition) is 3. The van der Waals surface area contributed by atoms with Crippen LogP contribution in [-0.4, -0.2) is 12.3 Å². The Balaban J connectivity index is 1.12. The fourth-order valence-electron chi connectivity index (χ4n) is 15.5. The molecule has 0 radical (unpaired) electrons. The van der Waals surface area contributed by atoms with E-state index in [9.17, 15) is 0 Å². The summed E-state index contributed by atoms with van der Waals surface area (Å²) < 4.78 is 0. The van der Waals surface area contributed by atoms with E-state index in [0.717, 1.165) is 6.42 Å². The van der Waals surface area contributed by atoms with Crippen LogP contribution in [0.3, 0.4) is 0 Å². The van der Waals surface area contributed by atoms with Crippen molar-refractivity contribution in [3.63, 3.8) is 0 Å². The van der Waals surface area contributed by atoms with Crippen molar-refractivity contribution in [3.8, 4) is 11.1 Å². The van der Waals surface area contributed by atoms with Gasteiger partial charge >= 0.3 is 0 Å². The van der Waals surface area contributed by atoms with Gasteiger partial charge in [0.2, 0.25) is 0 Å². The van der Waals surface area contributed by atoms with E-state index in [0.29, 0.717) is 0 Å². The molecule has 13 rings (SSSR count). The van der Waals surface area contributed by atoms with Crippen molar-refractivity contribution in [2.75, 3.05) is 14.7 Å². The van der Waals surface area contributed by atoms with Gasteiger partial charge in [-0.25, -0.2) is 0 Å². The van der Waals surface area contributed by atoms with E-state index in [2.05, 4.69) is 244 Å². The molecule has 0 amide bonds. The Morgan fingerprint density at radius 2 is 0.959 bits per heavy atom. The minimum atomic E-state index is -0.152. The monoisotopic (exact) mass is 972 g/mol. The highest BCUT2D eigenvalue weighted by molar-refractivity contribution is 7.00. The number of benzene rings is 7. The smallest absolute Gasteiger partial charge is 0.252 e. The van der Waals surface area contributed by atoms with Crippen molar-refractivity contribution < 1.29 is 0 Å². The third-order valence-corrected chi connectivity index (χ3v) is 20.5. The molecule has 1 saturated carbocycles. The summed E-state index contributed by atoms with van der Waals surface area (Å²) in [5.74, 6) is 0. The molecule has 0 spiro atoms. The quantitative estimate of drug-likeness (QED) is 0.163. The largest absolute Gasteiger partial charge is 0.334 e. The van der Waals surface area contributed by atoms with Crippen LogP contribution >= 0.6 is 0 Å². The van der Waals surface area contributed by atoms with Gasteiger partial charge in [0, 0.05) is 50.9 Å². The van der Waals surface area contributed by atoms with Crippen LogP contribution in [0, 0.1) is 0 Å². The molecule has 0 N–H and O–H groups in total. The van der Waals surface area contributed by atoms with E-state index < -0.39 is 0 Å². The Kier molecular flexibility index (Phi) is 10.2. The number of hydrogen-bond donors (Lipinski definition) is 0. The zero-order valence-corrected chi connectivity index (χ0v) is 46.9. The molecule has 1 fully saturated rings. The minimum Gasteiger partial charge on any atom is -0.334 e. The zero-order valence-electron chi connectivity index (χ0n) is 46.9.